The van der Waals surface area contributed by atoms with Gasteiger partial charge in [-0.05, 0) is 25.7 Å². The summed E-state index contributed by atoms with van der Waals surface area (Å²) in [5, 5.41) is 0. The second-order valence-electron chi connectivity index (χ2n) is 2.70. The molecule has 0 aromatic carbocycles. The molecule has 0 unspecified atom stereocenters. The minimum Gasteiger partial charge on any atom is -0.0885 e. The summed E-state index contributed by atoms with van der Waals surface area (Å²) in [6, 6.07) is 0. The lowest BCUT2D eigenvalue weighted by Gasteiger charge is -1.82. The molecule has 0 heteroatoms. The molecule has 0 rings (SSSR count). The van der Waals surface area contributed by atoms with Crippen molar-refractivity contribution in [1.29, 1.82) is 0 Å². The van der Waals surface area contributed by atoms with E-state index in [1.54, 1.807) is 0 Å². The topological polar surface area (TPSA) is 0 Å². The minimum absolute atomic E-state index is 1.08. The standard InChI is InChI=1S/C12H20/c1-3-5-7-9-11-12-10-8-6-4-2/h5-8,11-12H,3-4,9-10H2,1-2H3/b7-5-,8-6-,12-11-. The third-order valence-corrected chi connectivity index (χ3v) is 1.52. The third kappa shape index (κ3) is 9.22. The molecule has 0 aliphatic heterocycles. The first-order valence-electron chi connectivity index (χ1n) is 4.86. The Morgan fingerprint density at radius 2 is 0.917 bits per heavy atom. The first-order valence-corrected chi connectivity index (χ1v) is 4.86. The fourth-order valence-corrected chi connectivity index (χ4v) is 0.875. The van der Waals surface area contributed by atoms with Gasteiger partial charge in [0.1, 0.15) is 0 Å². The van der Waals surface area contributed by atoms with Gasteiger partial charge in [-0.1, -0.05) is 50.3 Å². The summed E-state index contributed by atoms with van der Waals surface area (Å²) >= 11 is 0. The molecule has 0 fully saturated rings. The van der Waals surface area contributed by atoms with E-state index < -0.39 is 0 Å². The van der Waals surface area contributed by atoms with Crippen molar-refractivity contribution < 1.29 is 0 Å². The van der Waals surface area contributed by atoms with Gasteiger partial charge in [0.2, 0.25) is 0 Å². The zero-order valence-electron chi connectivity index (χ0n) is 8.29. The van der Waals surface area contributed by atoms with Gasteiger partial charge in [-0.25, -0.2) is 0 Å². The molecule has 0 amide bonds. The summed E-state index contributed by atoms with van der Waals surface area (Å²) in [6.07, 6.45) is 17.7. The van der Waals surface area contributed by atoms with Gasteiger partial charge < -0.3 is 0 Å². The van der Waals surface area contributed by atoms with E-state index in [2.05, 4.69) is 50.3 Å². The van der Waals surface area contributed by atoms with Crippen LogP contribution >= 0.6 is 0 Å². The second-order valence-corrected chi connectivity index (χ2v) is 2.70. The van der Waals surface area contributed by atoms with Crippen LogP contribution in [-0.2, 0) is 0 Å². The number of rotatable bonds is 6. The largest absolute Gasteiger partial charge is 0.0885 e. The first-order chi connectivity index (χ1) is 5.91. The van der Waals surface area contributed by atoms with E-state index >= 15 is 0 Å². The van der Waals surface area contributed by atoms with Crippen LogP contribution in [0.3, 0.4) is 0 Å². The average Bonchev–Trinajstić information content (AvgIpc) is 2.10. The van der Waals surface area contributed by atoms with Crippen molar-refractivity contribution in [3.63, 3.8) is 0 Å². The fraction of sp³-hybridized carbons (Fsp3) is 0.500. The van der Waals surface area contributed by atoms with E-state index in [9.17, 15) is 0 Å². The van der Waals surface area contributed by atoms with Crippen LogP contribution in [0.15, 0.2) is 36.5 Å². The van der Waals surface area contributed by atoms with Crippen molar-refractivity contribution >= 4 is 0 Å². The van der Waals surface area contributed by atoms with Crippen molar-refractivity contribution in [2.75, 3.05) is 0 Å². The Balaban J connectivity index is 3.25. The van der Waals surface area contributed by atoms with Crippen LogP contribution < -0.4 is 0 Å². The van der Waals surface area contributed by atoms with Gasteiger partial charge in [0.15, 0.2) is 0 Å². The average molecular weight is 164 g/mol. The molecule has 0 N–H and O–H groups in total. The van der Waals surface area contributed by atoms with E-state index in [1.807, 2.05) is 0 Å². The Morgan fingerprint density at radius 1 is 0.583 bits per heavy atom. The highest BCUT2D eigenvalue weighted by Crippen LogP contribution is 1.92. The Labute approximate surface area is 76.7 Å². The summed E-state index contributed by atoms with van der Waals surface area (Å²) in [6.45, 7) is 4.31. The van der Waals surface area contributed by atoms with Crippen LogP contribution in [0.1, 0.15) is 39.5 Å². The van der Waals surface area contributed by atoms with Gasteiger partial charge in [-0.3, -0.25) is 0 Å². The lowest BCUT2D eigenvalue weighted by atomic mass is 10.2. The molecule has 0 radical (unpaired) electrons. The maximum absolute atomic E-state index is 2.21. The lowest BCUT2D eigenvalue weighted by Crippen LogP contribution is -1.61. The molecule has 0 atom stereocenters. The zero-order valence-corrected chi connectivity index (χ0v) is 8.29. The molecule has 0 bridgehead atoms. The van der Waals surface area contributed by atoms with Gasteiger partial charge in [0.05, 0.1) is 0 Å². The molecule has 0 aromatic rings. The Hall–Kier alpha value is -0.780. The monoisotopic (exact) mass is 164 g/mol. The summed E-state index contributed by atoms with van der Waals surface area (Å²) in [7, 11) is 0. The van der Waals surface area contributed by atoms with E-state index in [-0.39, 0.29) is 0 Å². The van der Waals surface area contributed by atoms with Crippen molar-refractivity contribution in [1.82, 2.24) is 0 Å². The van der Waals surface area contributed by atoms with Gasteiger partial charge in [-0.15, -0.1) is 0 Å². The highest BCUT2D eigenvalue weighted by Gasteiger charge is 1.71. The maximum atomic E-state index is 2.21. The number of allylic oxidation sites excluding steroid dienone is 6. The quantitative estimate of drug-likeness (QED) is 0.515. The number of hydrogen-bond donors (Lipinski definition) is 0. The molecule has 0 spiro atoms. The van der Waals surface area contributed by atoms with E-state index in [1.165, 1.54) is 0 Å². The minimum atomic E-state index is 1.08. The van der Waals surface area contributed by atoms with Crippen molar-refractivity contribution in [3.8, 4) is 0 Å². The maximum Gasteiger partial charge on any atom is -0.0169 e. The molecule has 0 aliphatic carbocycles. The molecule has 0 nitrogen and oxygen atoms in total. The Morgan fingerprint density at radius 3 is 1.25 bits per heavy atom. The molecule has 0 heterocycles. The highest BCUT2D eigenvalue weighted by molar-refractivity contribution is 4.96. The van der Waals surface area contributed by atoms with E-state index in [0.717, 1.165) is 25.7 Å². The van der Waals surface area contributed by atoms with Gasteiger partial charge >= 0.3 is 0 Å². The smallest absolute Gasteiger partial charge is 0.0169 e. The van der Waals surface area contributed by atoms with Crippen LogP contribution in [0.4, 0.5) is 0 Å². The third-order valence-electron chi connectivity index (χ3n) is 1.52. The molecular weight excluding hydrogens is 144 g/mol. The predicted molar refractivity (Wildman–Crippen MR) is 57.2 cm³/mol. The summed E-state index contributed by atoms with van der Waals surface area (Å²) in [5.41, 5.74) is 0. The van der Waals surface area contributed by atoms with Gasteiger partial charge in [0.25, 0.3) is 0 Å². The number of hydrogen-bond acceptors (Lipinski definition) is 0. The molecule has 0 saturated heterocycles. The van der Waals surface area contributed by atoms with E-state index in [0.29, 0.717) is 0 Å². The van der Waals surface area contributed by atoms with Crippen LogP contribution in [0.2, 0.25) is 0 Å². The molecule has 0 saturated carbocycles. The van der Waals surface area contributed by atoms with Crippen LogP contribution in [0.5, 0.6) is 0 Å². The predicted octanol–water partition coefficient (Wildman–Crippen LogP) is 4.26. The Kier molecular flexibility index (Phi) is 9.56. The van der Waals surface area contributed by atoms with Gasteiger partial charge in [0, 0.05) is 0 Å². The fourth-order valence-electron chi connectivity index (χ4n) is 0.875. The molecule has 12 heavy (non-hydrogen) atoms. The SMILES string of the molecule is CC/C=C\C/C=C\C/C=C\CC. The van der Waals surface area contributed by atoms with E-state index in [4.69, 9.17) is 0 Å². The molecular formula is C12H20. The lowest BCUT2D eigenvalue weighted by molar-refractivity contribution is 1.18. The molecule has 0 aromatic heterocycles. The van der Waals surface area contributed by atoms with Crippen LogP contribution in [0, 0.1) is 0 Å². The normalized spacial score (nSPS) is 12.5. The summed E-state index contributed by atoms with van der Waals surface area (Å²) in [4.78, 5) is 0. The molecule has 0 aliphatic rings. The van der Waals surface area contributed by atoms with Gasteiger partial charge in [-0.2, -0.15) is 0 Å². The van der Waals surface area contributed by atoms with Crippen LogP contribution in [-0.4, -0.2) is 0 Å². The van der Waals surface area contributed by atoms with Crippen molar-refractivity contribution in [2.45, 2.75) is 39.5 Å². The summed E-state index contributed by atoms with van der Waals surface area (Å²) < 4.78 is 0. The molecule has 68 valence electrons. The first kappa shape index (κ1) is 11.2. The van der Waals surface area contributed by atoms with Crippen LogP contribution in [0.25, 0.3) is 0 Å². The second kappa shape index (κ2) is 10.2. The van der Waals surface area contributed by atoms with Crippen molar-refractivity contribution in [3.05, 3.63) is 36.5 Å². The highest BCUT2D eigenvalue weighted by atomic mass is 13.8. The van der Waals surface area contributed by atoms with Crippen molar-refractivity contribution in [2.24, 2.45) is 0 Å². The zero-order chi connectivity index (χ0) is 9.07. The summed E-state index contributed by atoms with van der Waals surface area (Å²) in [5.74, 6) is 0. The Bertz CT molecular complexity index is 131.